The fourth-order valence-electron chi connectivity index (χ4n) is 3.81. The van der Waals surface area contributed by atoms with E-state index in [2.05, 4.69) is 6.92 Å². The number of hydrogen-bond acceptors (Lipinski definition) is 4. The molecule has 0 heterocycles. The van der Waals surface area contributed by atoms with Crippen molar-refractivity contribution in [3.8, 4) is 17.2 Å². The summed E-state index contributed by atoms with van der Waals surface area (Å²) in [4.78, 5) is -0.308. The summed E-state index contributed by atoms with van der Waals surface area (Å²) in [5, 5.41) is 12.8. The van der Waals surface area contributed by atoms with Crippen molar-refractivity contribution in [3.63, 3.8) is 0 Å². The van der Waals surface area contributed by atoms with Gasteiger partial charge in [-0.25, -0.2) is 0 Å². The Hall–Kier alpha value is -0.414. The van der Waals surface area contributed by atoms with Crippen LogP contribution in [0.3, 0.4) is 0 Å². The van der Waals surface area contributed by atoms with Gasteiger partial charge < -0.3 is 9.84 Å². The third-order valence-corrected chi connectivity index (χ3v) is 6.51. The Morgan fingerprint density at radius 1 is 0.818 bits per heavy atom. The molecule has 5 nitrogen and oxygen atoms in total. The third kappa shape index (κ3) is 12.2. The molecule has 7 heteroatoms. The van der Waals surface area contributed by atoms with Gasteiger partial charge in [0.25, 0.3) is 10.1 Å². The quantitative estimate of drug-likeness (QED) is 0.213. The summed E-state index contributed by atoms with van der Waals surface area (Å²) < 4.78 is 38.4. The van der Waals surface area contributed by atoms with Crippen LogP contribution in [-0.2, 0) is 16.5 Å². The van der Waals surface area contributed by atoms with Gasteiger partial charge in [0, 0.05) is 6.07 Å². The van der Waals surface area contributed by atoms with Crippen LogP contribution in [0, 0.1) is 0 Å². The van der Waals surface area contributed by atoms with Crippen LogP contribution in [-0.4, -0.2) is 13.0 Å². The molecule has 0 atom stereocenters. The van der Waals surface area contributed by atoms with Gasteiger partial charge in [-0.05, 0) is 31.0 Å². The standard InChI is InChI=1S/C26H38O5S.K/c1-2-3-4-5-6-7-8-9-10-11-12-14-17-22-20-24(32(28,29)30)21-25(26(22)27)31-23-18-15-13-16-19-23;/h13,15-16,18-21,27H,2-12,14,17H2,1H3,(H,28,29,30);/q;+1/p-1. The monoisotopic (exact) mass is 500 g/mol. The molecule has 0 saturated carbocycles. The van der Waals surface area contributed by atoms with Crippen molar-refractivity contribution in [3.05, 3.63) is 48.0 Å². The van der Waals surface area contributed by atoms with E-state index in [0.29, 0.717) is 17.7 Å². The molecule has 0 fully saturated rings. The van der Waals surface area contributed by atoms with Gasteiger partial charge >= 0.3 is 51.4 Å². The van der Waals surface area contributed by atoms with Crippen molar-refractivity contribution in [1.29, 1.82) is 0 Å². The molecule has 0 saturated heterocycles. The van der Waals surface area contributed by atoms with Gasteiger partial charge in [0.2, 0.25) is 0 Å². The van der Waals surface area contributed by atoms with E-state index >= 15 is 0 Å². The predicted octanol–water partition coefficient (Wildman–Crippen LogP) is 4.05. The molecular weight excluding hydrogens is 463 g/mol. The van der Waals surface area contributed by atoms with Gasteiger partial charge in [0.15, 0.2) is 0 Å². The Bertz CT molecular complexity index is 900. The number of rotatable bonds is 16. The van der Waals surface area contributed by atoms with E-state index in [0.717, 1.165) is 25.3 Å². The van der Waals surface area contributed by atoms with Crippen molar-refractivity contribution in [2.45, 2.75) is 95.3 Å². The van der Waals surface area contributed by atoms with Crippen LogP contribution in [0.2, 0.25) is 0 Å². The Morgan fingerprint density at radius 2 is 1.33 bits per heavy atom. The fourth-order valence-corrected chi connectivity index (χ4v) is 4.36. The van der Waals surface area contributed by atoms with Crippen LogP contribution in [0.5, 0.6) is 17.2 Å². The molecule has 0 unspecified atom stereocenters. The van der Waals surface area contributed by atoms with E-state index in [1.807, 2.05) is 6.07 Å². The Balaban J connectivity index is 0.00000544. The average molecular weight is 501 g/mol. The first kappa shape index (κ1) is 30.6. The van der Waals surface area contributed by atoms with Crippen molar-refractivity contribution >= 4 is 10.1 Å². The first-order valence-electron chi connectivity index (χ1n) is 12.0. The normalized spacial score (nSPS) is 11.2. The largest absolute Gasteiger partial charge is 1.00 e. The van der Waals surface area contributed by atoms with Crippen molar-refractivity contribution in [1.82, 2.24) is 0 Å². The van der Waals surface area contributed by atoms with Gasteiger partial charge in [-0.15, -0.1) is 0 Å². The second-order valence-electron chi connectivity index (χ2n) is 8.44. The van der Waals surface area contributed by atoms with Crippen LogP contribution in [0.4, 0.5) is 0 Å². The molecule has 0 aromatic heterocycles. The maximum Gasteiger partial charge on any atom is 1.00 e. The summed E-state index contributed by atoms with van der Waals surface area (Å²) in [5.41, 5.74) is 0.359. The van der Waals surface area contributed by atoms with Gasteiger partial charge in [-0.2, -0.15) is 8.42 Å². The molecule has 33 heavy (non-hydrogen) atoms. The smallest absolute Gasteiger partial charge is 0.870 e. The molecule has 178 valence electrons. The topological polar surface area (TPSA) is 86.7 Å². The number of benzene rings is 2. The van der Waals surface area contributed by atoms with E-state index in [4.69, 9.17) is 4.74 Å². The molecule has 0 amide bonds. The first-order valence-corrected chi connectivity index (χ1v) is 13.4. The minimum atomic E-state index is -4.43. The SMILES string of the molecule is CCCCCCCCCCCCCCc1cc(S(=O)(=O)O)cc(Oc2ccccc2)c1[O-].[K+]. The molecule has 0 aliphatic rings. The van der Waals surface area contributed by atoms with E-state index in [1.54, 1.807) is 24.3 Å². The molecule has 0 spiro atoms. The minimum Gasteiger partial charge on any atom is -0.870 e. The van der Waals surface area contributed by atoms with Crippen molar-refractivity contribution < 1.29 is 74.2 Å². The second kappa shape index (κ2) is 17.1. The zero-order valence-electron chi connectivity index (χ0n) is 20.2. The predicted molar refractivity (Wildman–Crippen MR) is 127 cm³/mol. The number of ether oxygens (including phenoxy) is 1. The first-order chi connectivity index (χ1) is 15.4. The number of para-hydroxylation sites is 1. The summed E-state index contributed by atoms with van der Waals surface area (Å²) in [6, 6.07) is 11.1. The fraction of sp³-hybridized carbons (Fsp3) is 0.538. The average Bonchev–Trinajstić information content (AvgIpc) is 2.76. The molecule has 0 aliphatic heterocycles. The van der Waals surface area contributed by atoms with E-state index in [9.17, 15) is 18.1 Å². The summed E-state index contributed by atoms with van der Waals surface area (Å²) in [6.45, 7) is 2.24. The van der Waals surface area contributed by atoms with Gasteiger partial charge in [-0.1, -0.05) is 107 Å². The van der Waals surface area contributed by atoms with Crippen LogP contribution in [0.1, 0.15) is 89.5 Å². The molecule has 0 bridgehead atoms. The summed E-state index contributed by atoms with van der Waals surface area (Å²) in [5.74, 6) is 0.0259. The van der Waals surface area contributed by atoms with Crippen LogP contribution in [0.25, 0.3) is 0 Å². The maximum atomic E-state index is 12.8. The molecule has 0 radical (unpaired) electrons. The van der Waals surface area contributed by atoms with Crippen LogP contribution < -0.4 is 61.2 Å². The summed E-state index contributed by atoms with van der Waals surface area (Å²) in [7, 11) is -4.43. The van der Waals surface area contributed by atoms with Gasteiger partial charge in [0.1, 0.15) is 11.5 Å². The number of hydrogen-bond donors (Lipinski definition) is 1. The molecule has 1 N–H and O–H groups in total. The summed E-state index contributed by atoms with van der Waals surface area (Å²) >= 11 is 0. The van der Waals surface area contributed by atoms with Gasteiger partial charge in [0.05, 0.1) is 4.90 Å². The molecular formula is C26H37KO5S. The Labute approximate surface area is 242 Å². The zero-order chi connectivity index (χ0) is 23.2. The molecule has 0 aliphatic carbocycles. The van der Waals surface area contributed by atoms with Gasteiger partial charge in [-0.3, -0.25) is 4.55 Å². The number of unbranched alkanes of at least 4 members (excludes halogenated alkanes) is 11. The van der Waals surface area contributed by atoms with Crippen molar-refractivity contribution in [2.75, 3.05) is 0 Å². The zero-order valence-corrected chi connectivity index (χ0v) is 24.2. The Kier molecular flexibility index (Phi) is 15.9. The summed E-state index contributed by atoms with van der Waals surface area (Å²) in [6.07, 6.45) is 15.1. The van der Waals surface area contributed by atoms with E-state index < -0.39 is 10.1 Å². The van der Waals surface area contributed by atoms with Crippen LogP contribution >= 0.6 is 0 Å². The number of aryl methyl sites for hydroxylation is 1. The second-order valence-corrected chi connectivity index (χ2v) is 9.86. The van der Waals surface area contributed by atoms with Crippen LogP contribution in [0.15, 0.2) is 47.4 Å². The molecule has 2 rings (SSSR count). The molecule has 2 aromatic carbocycles. The Morgan fingerprint density at radius 3 is 1.85 bits per heavy atom. The van der Waals surface area contributed by atoms with E-state index in [-0.39, 0.29) is 67.8 Å². The van der Waals surface area contributed by atoms with E-state index in [1.165, 1.54) is 63.9 Å². The maximum absolute atomic E-state index is 12.8. The third-order valence-electron chi connectivity index (χ3n) is 5.67. The van der Waals surface area contributed by atoms with Crippen molar-refractivity contribution in [2.24, 2.45) is 0 Å². The minimum absolute atomic E-state index is 0. The molecule has 2 aromatic rings.